The van der Waals surface area contributed by atoms with E-state index in [-0.39, 0.29) is 18.0 Å². The summed E-state index contributed by atoms with van der Waals surface area (Å²) < 4.78 is 10.7. The largest absolute Gasteiger partial charge is 0.462 e. The lowest BCUT2D eigenvalue weighted by molar-refractivity contribution is 0.00925. The predicted octanol–water partition coefficient (Wildman–Crippen LogP) is 5.02. The molecule has 1 aliphatic carbocycles. The third-order valence-corrected chi connectivity index (χ3v) is 4.97. The highest BCUT2D eigenvalue weighted by Gasteiger charge is 2.31. The molecule has 0 bridgehead atoms. The van der Waals surface area contributed by atoms with Gasteiger partial charge in [0.15, 0.2) is 0 Å². The summed E-state index contributed by atoms with van der Waals surface area (Å²) in [5.41, 5.74) is 1.25. The maximum atomic E-state index is 12.3. The minimum Gasteiger partial charge on any atom is -0.462 e. The van der Waals surface area contributed by atoms with Crippen LogP contribution in [0.5, 0.6) is 0 Å². The van der Waals surface area contributed by atoms with E-state index in [2.05, 4.69) is 20.8 Å². The number of hydrogen-bond donors (Lipinski definition) is 0. The van der Waals surface area contributed by atoms with Crippen LogP contribution in [0.15, 0.2) is 24.3 Å². The molecule has 4 heteroatoms. The quantitative estimate of drug-likeness (QED) is 0.703. The van der Waals surface area contributed by atoms with E-state index in [1.54, 1.807) is 24.3 Å². The fraction of sp³-hybridized carbons (Fsp3) is 0.619. The van der Waals surface area contributed by atoms with Gasteiger partial charge in [0.25, 0.3) is 0 Å². The molecule has 0 spiro atoms. The fourth-order valence-electron chi connectivity index (χ4n) is 3.29. The molecule has 0 N–H and O–H groups in total. The average molecular weight is 346 g/mol. The second kappa shape index (κ2) is 8.50. The van der Waals surface area contributed by atoms with Crippen molar-refractivity contribution >= 4 is 11.9 Å². The molecule has 1 saturated carbocycles. The summed E-state index contributed by atoms with van der Waals surface area (Å²) in [7, 11) is 0. The zero-order valence-corrected chi connectivity index (χ0v) is 15.8. The van der Waals surface area contributed by atoms with Gasteiger partial charge in [0.2, 0.25) is 0 Å². The van der Waals surface area contributed by atoms with E-state index in [9.17, 15) is 9.59 Å². The van der Waals surface area contributed by atoms with E-state index in [1.807, 2.05) is 6.92 Å². The molecule has 1 fully saturated rings. The number of carbonyl (C=O) groups is 2. The molecule has 0 unspecified atom stereocenters. The molecule has 0 aromatic heterocycles. The summed E-state index contributed by atoms with van der Waals surface area (Å²) in [6, 6.07) is 6.49. The first-order valence-electron chi connectivity index (χ1n) is 9.29. The lowest BCUT2D eigenvalue weighted by Crippen LogP contribution is -2.30. The molecule has 4 nitrogen and oxygen atoms in total. The van der Waals surface area contributed by atoms with Gasteiger partial charge in [0.1, 0.15) is 6.10 Å². The summed E-state index contributed by atoms with van der Waals surface area (Å²) in [5, 5.41) is 0. The van der Waals surface area contributed by atoms with Crippen molar-refractivity contribution in [2.45, 2.75) is 65.9 Å². The SMILES string of the molecule is CCCOC(=O)c1ccc(C(=O)OC2CCC(C(C)(C)C)CC2)cc1. The third kappa shape index (κ3) is 5.58. The van der Waals surface area contributed by atoms with Crippen LogP contribution in [0.2, 0.25) is 0 Å². The van der Waals surface area contributed by atoms with Gasteiger partial charge in [-0.3, -0.25) is 0 Å². The van der Waals surface area contributed by atoms with Gasteiger partial charge in [-0.1, -0.05) is 27.7 Å². The number of ether oxygens (including phenoxy) is 2. The van der Waals surface area contributed by atoms with Crippen molar-refractivity contribution in [1.29, 1.82) is 0 Å². The topological polar surface area (TPSA) is 52.6 Å². The van der Waals surface area contributed by atoms with Crippen LogP contribution in [0, 0.1) is 11.3 Å². The van der Waals surface area contributed by atoms with Crippen LogP contribution >= 0.6 is 0 Å². The second-order valence-corrected chi connectivity index (χ2v) is 7.96. The van der Waals surface area contributed by atoms with Crippen LogP contribution in [0.25, 0.3) is 0 Å². The highest BCUT2D eigenvalue weighted by Crippen LogP contribution is 2.38. The van der Waals surface area contributed by atoms with Crippen molar-refractivity contribution in [2.75, 3.05) is 6.61 Å². The van der Waals surface area contributed by atoms with E-state index >= 15 is 0 Å². The Balaban J connectivity index is 1.86. The van der Waals surface area contributed by atoms with Crippen LogP contribution in [-0.2, 0) is 9.47 Å². The van der Waals surface area contributed by atoms with Crippen LogP contribution in [0.1, 0.15) is 80.5 Å². The standard InChI is InChI=1S/C21H30O4/c1-5-14-24-19(22)15-6-8-16(9-7-15)20(23)25-18-12-10-17(11-13-18)21(2,3)4/h6-9,17-18H,5,10-14H2,1-4H3. The maximum Gasteiger partial charge on any atom is 0.338 e. The Morgan fingerprint density at radius 2 is 1.48 bits per heavy atom. The lowest BCUT2D eigenvalue weighted by atomic mass is 9.72. The van der Waals surface area contributed by atoms with E-state index < -0.39 is 0 Å². The monoisotopic (exact) mass is 346 g/mol. The molecular weight excluding hydrogens is 316 g/mol. The Labute approximate surface area is 150 Å². The number of carbonyl (C=O) groups excluding carboxylic acids is 2. The van der Waals surface area contributed by atoms with Gasteiger partial charge in [-0.25, -0.2) is 9.59 Å². The molecule has 0 heterocycles. The molecule has 0 atom stereocenters. The number of benzene rings is 1. The minimum atomic E-state index is -0.359. The van der Waals surface area contributed by atoms with Crippen LogP contribution in [0.3, 0.4) is 0 Å². The van der Waals surface area contributed by atoms with Crippen molar-refractivity contribution < 1.29 is 19.1 Å². The van der Waals surface area contributed by atoms with E-state index in [0.29, 0.717) is 29.1 Å². The molecule has 1 aromatic rings. The molecule has 1 aliphatic rings. The van der Waals surface area contributed by atoms with Gasteiger partial charge in [0.05, 0.1) is 17.7 Å². The summed E-state index contributed by atoms with van der Waals surface area (Å²) in [6.07, 6.45) is 4.84. The Morgan fingerprint density at radius 3 is 1.96 bits per heavy atom. The average Bonchev–Trinajstić information content (AvgIpc) is 2.59. The Hall–Kier alpha value is -1.84. The Bertz CT molecular complexity index is 575. The van der Waals surface area contributed by atoms with Crippen molar-refractivity contribution in [1.82, 2.24) is 0 Å². The zero-order valence-electron chi connectivity index (χ0n) is 15.8. The smallest absolute Gasteiger partial charge is 0.338 e. The molecule has 1 aromatic carbocycles. The van der Waals surface area contributed by atoms with E-state index in [4.69, 9.17) is 9.47 Å². The van der Waals surface area contributed by atoms with Crippen molar-refractivity contribution in [3.63, 3.8) is 0 Å². The van der Waals surface area contributed by atoms with Crippen LogP contribution < -0.4 is 0 Å². The molecule has 138 valence electrons. The zero-order chi connectivity index (χ0) is 18.4. The molecule has 2 rings (SSSR count). The van der Waals surface area contributed by atoms with Crippen molar-refractivity contribution in [3.8, 4) is 0 Å². The molecule has 0 amide bonds. The summed E-state index contributed by atoms with van der Waals surface area (Å²) in [5.74, 6) is 0.0193. The molecular formula is C21H30O4. The maximum absolute atomic E-state index is 12.3. The van der Waals surface area contributed by atoms with Gasteiger partial charge in [-0.2, -0.15) is 0 Å². The van der Waals surface area contributed by atoms with E-state index in [1.165, 1.54) is 0 Å². The van der Waals surface area contributed by atoms with Gasteiger partial charge in [0, 0.05) is 0 Å². The minimum absolute atomic E-state index is 0.000274. The highest BCUT2D eigenvalue weighted by molar-refractivity contribution is 5.93. The van der Waals surface area contributed by atoms with Gasteiger partial charge in [-0.15, -0.1) is 0 Å². The lowest BCUT2D eigenvalue weighted by Gasteiger charge is -2.36. The van der Waals surface area contributed by atoms with Gasteiger partial charge >= 0.3 is 11.9 Å². The fourth-order valence-corrected chi connectivity index (χ4v) is 3.29. The highest BCUT2D eigenvalue weighted by atomic mass is 16.5. The third-order valence-electron chi connectivity index (χ3n) is 4.97. The predicted molar refractivity (Wildman–Crippen MR) is 97.6 cm³/mol. The summed E-state index contributed by atoms with van der Waals surface area (Å²) in [4.78, 5) is 24.1. The molecule has 0 saturated heterocycles. The molecule has 0 radical (unpaired) electrons. The first-order chi connectivity index (χ1) is 11.8. The Kier molecular flexibility index (Phi) is 6.63. The first kappa shape index (κ1) is 19.5. The number of rotatable bonds is 5. The molecule has 0 aliphatic heterocycles. The van der Waals surface area contributed by atoms with E-state index in [0.717, 1.165) is 32.1 Å². The normalized spacial score (nSPS) is 20.8. The molecule has 25 heavy (non-hydrogen) atoms. The van der Waals surface area contributed by atoms with Crippen LogP contribution in [0.4, 0.5) is 0 Å². The number of hydrogen-bond acceptors (Lipinski definition) is 4. The summed E-state index contributed by atoms with van der Waals surface area (Å²) in [6.45, 7) is 9.17. The number of esters is 2. The second-order valence-electron chi connectivity index (χ2n) is 7.96. The summed E-state index contributed by atoms with van der Waals surface area (Å²) >= 11 is 0. The van der Waals surface area contributed by atoms with Crippen LogP contribution in [-0.4, -0.2) is 24.6 Å². The first-order valence-corrected chi connectivity index (χ1v) is 9.29. The van der Waals surface area contributed by atoms with Crippen molar-refractivity contribution in [3.05, 3.63) is 35.4 Å². The van der Waals surface area contributed by atoms with Crippen molar-refractivity contribution in [2.24, 2.45) is 11.3 Å². The van der Waals surface area contributed by atoms with Gasteiger partial charge < -0.3 is 9.47 Å². The van der Waals surface area contributed by atoms with Gasteiger partial charge in [-0.05, 0) is 67.7 Å². The Morgan fingerprint density at radius 1 is 0.960 bits per heavy atom.